The number of aryl methyl sites for hydroxylation is 1. The fourth-order valence-electron chi connectivity index (χ4n) is 5.50. The summed E-state index contributed by atoms with van der Waals surface area (Å²) >= 11 is 3.57. The van der Waals surface area contributed by atoms with E-state index in [0.717, 1.165) is 44.4 Å². The molecule has 44 heavy (non-hydrogen) atoms. The predicted octanol–water partition coefficient (Wildman–Crippen LogP) is 7.78. The molecule has 3 aromatic carbocycles. The third-order valence-corrected chi connectivity index (χ3v) is 8.66. The van der Waals surface area contributed by atoms with Gasteiger partial charge in [0, 0.05) is 42.5 Å². The number of fused-ring (bicyclic) bond motifs is 1. The van der Waals surface area contributed by atoms with Crippen LogP contribution in [0, 0.1) is 0 Å². The highest BCUT2D eigenvalue weighted by Gasteiger charge is 2.24. The zero-order valence-electron chi connectivity index (χ0n) is 26.0. The number of amides is 2. The van der Waals surface area contributed by atoms with Crippen LogP contribution in [-0.2, 0) is 16.6 Å². The van der Waals surface area contributed by atoms with Gasteiger partial charge in [-0.05, 0) is 77.4 Å². The van der Waals surface area contributed by atoms with E-state index in [9.17, 15) is 9.59 Å². The highest BCUT2D eigenvalue weighted by molar-refractivity contribution is 9.10. The van der Waals surface area contributed by atoms with Crippen molar-refractivity contribution in [2.24, 2.45) is 0 Å². The molecule has 0 saturated carbocycles. The molecule has 1 fully saturated rings. The van der Waals surface area contributed by atoms with E-state index in [4.69, 9.17) is 9.72 Å². The summed E-state index contributed by atoms with van der Waals surface area (Å²) in [6, 6.07) is 24.1. The first-order valence-electron chi connectivity index (χ1n) is 15.2. The van der Waals surface area contributed by atoms with Crippen molar-refractivity contribution in [3.8, 4) is 5.75 Å². The van der Waals surface area contributed by atoms with Gasteiger partial charge in [-0.3, -0.25) is 9.59 Å². The number of halogens is 1. The van der Waals surface area contributed by atoms with Crippen LogP contribution in [0.15, 0.2) is 77.3 Å². The smallest absolute Gasteiger partial charge is 0.254 e. The van der Waals surface area contributed by atoms with Crippen LogP contribution >= 0.6 is 15.9 Å². The molecular formula is C37H40BrN3O3. The molecule has 1 saturated heterocycles. The molecule has 1 aromatic heterocycles. The molecule has 5 rings (SSSR count). The van der Waals surface area contributed by atoms with Crippen LogP contribution in [0.5, 0.6) is 5.75 Å². The number of hydrogen-bond donors (Lipinski definition) is 0. The molecule has 0 radical (unpaired) electrons. The highest BCUT2D eigenvalue weighted by Crippen LogP contribution is 2.26. The summed E-state index contributed by atoms with van der Waals surface area (Å²) in [7, 11) is 1.64. The first kappa shape index (κ1) is 31.5. The van der Waals surface area contributed by atoms with E-state index in [0.29, 0.717) is 44.6 Å². The average molecular weight is 655 g/mol. The number of benzene rings is 3. The minimum atomic E-state index is -0.0350. The minimum Gasteiger partial charge on any atom is -0.497 e. The molecule has 2 heterocycles. The maximum atomic E-state index is 14.0. The second-order valence-electron chi connectivity index (χ2n) is 12.3. The Balaban J connectivity index is 1.30. The van der Waals surface area contributed by atoms with Crippen molar-refractivity contribution >= 4 is 50.8 Å². The van der Waals surface area contributed by atoms with E-state index in [1.54, 1.807) is 7.11 Å². The number of hydrogen-bond acceptors (Lipinski definition) is 4. The molecule has 0 N–H and O–H groups in total. The van der Waals surface area contributed by atoms with Crippen LogP contribution in [0.1, 0.15) is 66.4 Å². The van der Waals surface area contributed by atoms with Crippen molar-refractivity contribution < 1.29 is 14.3 Å². The Morgan fingerprint density at radius 2 is 1.59 bits per heavy atom. The third-order valence-electron chi connectivity index (χ3n) is 8.17. The molecule has 4 aromatic rings. The molecule has 6 nitrogen and oxygen atoms in total. The predicted molar refractivity (Wildman–Crippen MR) is 182 cm³/mol. The lowest BCUT2D eigenvalue weighted by atomic mass is 9.87. The molecule has 0 atom stereocenters. The quantitative estimate of drug-likeness (QED) is 0.204. The maximum Gasteiger partial charge on any atom is 0.254 e. The summed E-state index contributed by atoms with van der Waals surface area (Å²) in [4.78, 5) is 35.7. The Morgan fingerprint density at radius 3 is 2.30 bits per heavy atom. The molecule has 0 unspecified atom stereocenters. The van der Waals surface area contributed by atoms with E-state index in [1.165, 1.54) is 5.56 Å². The van der Waals surface area contributed by atoms with Gasteiger partial charge in [0.05, 0.1) is 23.9 Å². The summed E-state index contributed by atoms with van der Waals surface area (Å²) in [5.41, 5.74) is 5.69. The fourth-order valence-corrected chi connectivity index (χ4v) is 5.86. The van der Waals surface area contributed by atoms with Gasteiger partial charge in [-0.2, -0.15) is 0 Å². The van der Waals surface area contributed by atoms with Crippen molar-refractivity contribution in [3.05, 3.63) is 105 Å². The van der Waals surface area contributed by atoms with Crippen molar-refractivity contribution in [3.63, 3.8) is 0 Å². The number of methoxy groups -OCH3 is 1. The monoisotopic (exact) mass is 653 g/mol. The van der Waals surface area contributed by atoms with Gasteiger partial charge < -0.3 is 14.5 Å². The van der Waals surface area contributed by atoms with Gasteiger partial charge >= 0.3 is 0 Å². The van der Waals surface area contributed by atoms with Crippen LogP contribution in [0.3, 0.4) is 0 Å². The molecule has 2 amide bonds. The molecule has 7 heteroatoms. The first-order chi connectivity index (χ1) is 21.1. The molecule has 0 bridgehead atoms. The van der Waals surface area contributed by atoms with Gasteiger partial charge in [0.1, 0.15) is 5.75 Å². The topological polar surface area (TPSA) is 62.7 Å². The number of rotatable bonds is 7. The Bertz CT molecular complexity index is 1660. The standard InChI is InChI=1S/C37H40BrN3O3/c1-37(2,3)28-12-6-26(7-13-28)8-15-30-25-33(32-24-29(38)14-18-34(32)39-30)36(43)41-21-5-20-40(22-23-41)35(42)19-11-27-9-16-31(44-4)17-10-27/h6-10,12-18,24-25H,5,11,19-23H2,1-4H3/b15-8+. The van der Waals surface area contributed by atoms with Crippen LogP contribution in [-0.4, -0.2) is 59.9 Å². The van der Waals surface area contributed by atoms with E-state index in [2.05, 4.69) is 61.0 Å². The number of carbonyl (C=O) groups is 2. The minimum absolute atomic E-state index is 0.0350. The number of carbonyl (C=O) groups excluding carboxylic acids is 2. The Morgan fingerprint density at radius 1 is 0.886 bits per heavy atom. The number of aromatic nitrogens is 1. The van der Waals surface area contributed by atoms with Gasteiger partial charge in [0.2, 0.25) is 5.91 Å². The van der Waals surface area contributed by atoms with Gasteiger partial charge in [-0.1, -0.05) is 79.2 Å². The van der Waals surface area contributed by atoms with E-state index < -0.39 is 0 Å². The Hall–Kier alpha value is -3.97. The van der Waals surface area contributed by atoms with Crippen molar-refractivity contribution in [1.29, 1.82) is 0 Å². The van der Waals surface area contributed by atoms with Crippen molar-refractivity contribution in [1.82, 2.24) is 14.8 Å². The number of nitrogens with zero attached hydrogens (tertiary/aromatic N) is 3. The van der Waals surface area contributed by atoms with Crippen LogP contribution in [0.25, 0.3) is 23.1 Å². The highest BCUT2D eigenvalue weighted by atomic mass is 79.9. The van der Waals surface area contributed by atoms with Crippen molar-refractivity contribution in [2.45, 2.75) is 45.4 Å². The zero-order chi connectivity index (χ0) is 31.3. The molecule has 228 valence electrons. The van der Waals surface area contributed by atoms with Gasteiger partial charge in [0.15, 0.2) is 0 Å². The summed E-state index contributed by atoms with van der Waals surface area (Å²) in [5.74, 6) is 0.893. The molecule has 1 aliphatic rings. The third kappa shape index (κ3) is 7.75. The lowest BCUT2D eigenvalue weighted by Gasteiger charge is -2.23. The van der Waals surface area contributed by atoms with Crippen LogP contribution in [0.2, 0.25) is 0 Å². The first-order valence-corrected chi connectivity index (χ1v) is 16.0. The van der Waals surface area contributed by atoms with Gasteiger partial charge in [0.25, 0.3) is 5.91 Å². The lowest BCUT2D eigenvalue weighted by Crippen LogP contribution is -2.37. The summed E-state index contributed by atoms with van der Waals surface area (Å²) in [5, 5.41) is 0.813. The van der Waals surface area contributed by atoms with Crippen LogP contribution in [0.4, 0.5) is 0 Å². The van der Waals surface area contributed by atoms with Crippen molar-refractivity contribution in [2.75, 3.05) is 33.3 Å². The number of pyridine rings is 1. The molecule has 0 spiro atoms. The Labute approximate surface area is 268 Å². The second kappa shape index (κ2) is 13.8. The summed E-state index contributed by atoms with van der Waals surface area (Å²) < 4.78 is 6.12. The SMILES string of the molecule is COc1ccc(CCC(=O)N2CCCN(C(=O)c3cc(/C=C/c4ccc(C(C)(C)C)cc4)nc4ccc(Br)cc34)CC2)cc1. The maximum absolute atomic E-state index is 14.0. The largest absolute Gasteiger partial charge is 0.497 e. The summed E-state index contributed by atoms with van der Waals surface area (Å²) in [6.07, 6.45) is 5.87. The summed E-state index contributed by atoms with van der Waals surface area (Å²) in [6.45, 7) is 8.89. The van der Waals surface area contributed by atoms with E-state index in [1.807, 2.05) is 70.5 Å². The Kier molecular flexibility index (Phi) is 9.84. The molecule has 0 aliphatic carbocycles. The van der Waals surface area contributed by atoms with E-state index in [-0.39, 0.29) is 17.2 Å². The lowest BCUT2D eigenvalue weighted by molar-refractivity contribution is -0.131. The van der Waals surface area contributed by atoms with E-state index >= 15 is 0 Å². The molecule has 1 aliphatic heterocycles. The van der Waals surface area contributed by atoms with Crippen LogP contribution < -0.4 is 4.74 Å². The zero-order valence-corrected chi connectivity index (χ0v) is 27.6. The van der Waals surface area contributed by atoms with Gasteiger partial charge in [-0.15, -0.1) is 0 Å². The van der Waals surface area contributed by atoms with Gasteiger partial charge in [-0.25, -0.2) is 4.98 Å². The number of ether oxygens (including phenoxy) is 1. The normalized spacial score (nSPS) is 14.2. The molecular weight excluding hydrogens is 614 g/mol. The second-order valence-corrected chi connectivity index (χ2v) is 13.3. The average Bonchev–Trinajstić information content (AvgIpc) is 3.29. The fraction of sp³-hybridized carbons (Fsp3) is 0.324.